The van der Waals surface area contributed by atoms with Crippen LogP contribution in [0, 0.1) is 0 Å². The van der Waals surface area contributed by atoms with Crippen LogP contribution in [-0.2, 0) is 37.5 Å². The van der Waals surface area contributed by atoms with Crippen molar-refractivity contribution in [2.45, 2.75) is 147 Å². The van der Waals surface area contributed by atoms with Gasteiger partial charge >= 0.3 is 25.7 Å². The van der Waals surface area contributed by atoms with Crippen molar-refractivity contribution in [2.75, 3.05) is 26.4 Å². The molecule has 0 saturated heterocycles. The summed E-state index contributed by atoms with van der Waals surface area (Å²) in [6.45, 7) is 0.588. The van der Waals surface area contributed by atoms with Crippen LogP contribution < -0.4 is 5.73 Å². The van der Waals surface area contributed by atoms with Crippen molar-refractivity contribution < 1.29 is 52.6 Å². The van der Waals surface area contributed by atoms with Gasteiger partial charge in [-0.25, -0.2) is 4.57 Å². The number of aliphatic hydroxyl groups excluding tert-OH is 1. The lowest BCUT2D eigenvalue weighted by Crippen LogP contribution is -2.34. The first-order chi connectivity index (χ1) is 28.6. The van der Waals surface area contributed by atoms with Crippen molar-refractivity contribution in [3.63, 3.8) is 0 Å². The molecule has 0 rings (SSSR count). The average molecular weight is 848 g/mol. The summed E-state index contributed by atoms with van der Waals surface area (Å²) in [5.74, 6) is -2.52. The summed E-state index contributed by atoms with van der Waals surface area (Å²) in [4.78, 5) is 45.9. The van der Waals surface area contributed by atoms with Crippen molar-refractivity contribution in [1.82, 2.24) is 0 Å². The van der Waals surface area contributed by atoms with Crippen LogP contribution in [-0.4, -0.2) is 71.6 Å². The zero-order valence-electron chi connectivity index (χ0n) is 35.5. The topological polar surface area (TPSA) is 192 Å². The second kappa shape index (κ2) is 41.1. The van der Waals surface area contributed by atoms with Crippen molar-refractivity contribution in [2.24, 2.45) is 5.73 Å². The van der Waals surface area contributed by atoms with Gasteiger partial charge in [0.25, 0.3) is 0 Å². The van der Waals surface area contributed by atoms with E-state index in [1.54, 1.807) is 0 Å². The SMILES string of the molecule is CC/C=C\C/C=C\C/C=C\C/C=C\CCCCCCC(=O)OC[C@H](COP(=O)(O)OC[C@H](N)C(=O)O)OC(=O)CCC/C=C\C/C=C\C/C=C\C/C=C\CCCCCO. The lowest BCUT2D eigenvalue weighted by Gasteiger charge is -2.20. The molecule has 0 bridgehead atoms. The van der Waals surface area contributed by atoms with Crippen LogP contribution in [0.3, 0.4) is 0 Å². The number of allylic oxidation sites excluding steroid dienone is 16. The van der Waals surface area contributed by atoms with E-state index >= 15 is 0 Å². The van der Waals surface area contributed by atoms with Gasteiger partial charge in [-0.1, -0.05) is 123 Å². The van der Waals surface area contributed by atoms with E-state index in [0.717, 1.165) is 96.3 Å². The predicted octanol–water partition coefficient (Wildman–Crippen LogP) is 10.3. The number of hydrogen-bond acceptors (Lipinski definition) is 10. The van der Waals surface area contributed by atoms with Crippen LogP contribution in [0.1, 0.15) is 135 Å². The molecule has 0 fully saturated rings. The number of phosphoric acid groups is 1. The smallest absolute Gasteiger partial charge is 0.472 e. The molecule has 0 aromatic rings. The minimum Gasteiger partial charge on any atom is -0.480 e. The summed E-state index contributed by atoms with van der Waals surface area (Å²) in [5, 5.41) is 17.7. The largest absolute Gasteiger partial charge is 0.480 e. The fraction of sp³-hybridized carbons (Fsp3) is 0.587. The number of ether oxygens (including phenoxy) is 2. The number of rotatable bonds is 39. The number of aliphatic carboxylic acids is 1. The summed E-state index contributed by atoms with van der Waals surface area (Å²) in [5.41, 5.74) is 5.32. The van der Waals surface area contributed by atoms with E-state index in [1.165, 1.54) is 0 Å². The molecule has 3 atom stereocenters. The summed E-state index contributed by atoms with van der Waals surface area (Å²) >= 11 is 0. The summed E-state index contributed by atoms with van der Waals surface area (Å²) in [7, 11) is -4.75. The third kappa shape index (κ3) is 40.9. The Morgan fingerprint density at radius 2 is 0.983 bits per heavy atom. The highest BCUT2D eigenvalue weighted by molar-refractivity contribution is 7.47. The van der Waals surface area contributed by atoms with Crippen molar-refractivity contribution in [1.29, 1.82) is 0 Å². The molecule has 0 aliphatic heterocycles. The number of phosphoric ester groups is 1. The molecule has 0 amide bonds. The summed E-state index contributed by atoms with van der Waals surface area (Å²) in [6, 6.07) is -1.54. The molecule has 13 heteroatoms. The van der Waals surface area contributed by atoms with Gasteiger partial charge in [-0.3, -0.25) is 23.4 Å². The van der Waals surface area contributed by atoms with Crippen LogP contribution in [0.2, 0.25) is 0 Å². The first-order valence-electron chi connectivity index (χ1n) is 21.4. The van der Waals surface area contributed by atoms with Crippen molar-refractivity contribution >= 4 is 25.7 Å². The second-order valence-electron chi connectivity index (χ2n) is 13.8. The Morgan fingerprint density at radius 1 is 0.559 bits per heavy atom. The van der Waals surface area contributed by atoms with Gasteiger partial charge in [-0.2, -0.15) is 0 Å². The Kier molecular flexibility index (Phi) is 38.6. The van der Waals surface area contributed by atoms with Gasteiger partial charge in [-0.05, 0) is 96.3 Å². The van der Waals surface area contributed by atoms with Gasteiger partial charge in [0, 0.05) is 19.4 Å². The van der Waals surface area contributed by atoms with Gasteiger partial charge in [-0.15, -0.1) is 0 Å². The van der Waals surface area contributed by atoms with E-state index in [0.29, 0.717) is 19.3 Å². The van der Waals surface area contributed by atoms with Crippen LogP contribution in [0.5, 0.6) is 0 Å². The van der Waals surface area contributed by atoms with Gasteiger partial charge in [0.2, 0.25) is 0 Å². The summed E-state index contributed by atoms with van der Waals surface area (Å²) in [6.07, 6.45) is 49.2. The molecule has 12 nitrogen and oxygen atoms in total. The van der Waals surface area contributed by atoms with Gasteiger partial charge < -0.3 is 30.3 Å². The van der Waals surface area contributed by atoms with Crippen molar-refractivity contribution in [3.8, 4) is 0 Å². The Hall–Kier alpha value is -3.64. The number of hydrogen-bond donors (Lipinski definition) is 4. The Bertz CT molecular complexity index is 1370. The number of unbranched alkanes of at least 4 members (excludes halogenated alkanes) is 8. The highest BCUT2D eigenvalue weighted by Gasteiger charge is 2.28. The normalized spacial score (nSPS) is 14.6. The molecule has 5 N–H and O–H groups in total. The Morgan fingerprint density at radius 3 is 1.47 bits per heavy atom. The minimum absolute atomic E-state index is 0.0637. The van der Waals surface area contributed by atoms with Crippen LogP contribution in [0.25, 0.3) is 0 Å². The first-order valence-corrected chi connectivity index (χ1v) is 22.9. The van der Waals surface area contributed by atoms with Gasteiger partial charge in [0.1, 0.15) is 12.6 Å². The van der Waals surface area contributed by atoms with Crippen LogP contribution in [0.4, 0.5) is 0 Å². The zero-order valence-corrected chi connectivity index (χ0v) is 36.4. The number of esters is 2. The Labute approximate surface area is 354 Å². The zero-order chi connectivity index (χ0) is 43.5. The highest BCUT2D eigenvalue weighted by atomic mass is 31.2. The molecule has 0 heterocycles. The van der Waals surface area contributed by atoms with E-state index in [2.05, 4.69) is 96.5 Å². The first kappa shape index (κ1) is 55.4. The number of carbonyl (C=O) groups is 3. The number of nitrogens with two attached hydrogens (primary N) is 1. The number of carbonyl (C=O) groups excluding carboxylic acids is 2. The molecule has 0 radical (unpaired) electrons. The van der Waals surface area contributed by atoms with Gasteiger partial charge in [0.05, 0.1) is 13.2 Å². The third-order valence-electron chi connectivity index (χ3n) is 8.37. The molecule has 1 unspecified atom stereocenters. The molecular weight excluding hydrogens is 773 g/mol. The lowest BCUT2D eigenvalue weighted by atomic mass is 10.1. The second-order valence-corrected chi connectivity index (χ2v) is 15.3. The quantitative estimate of drug-likeness (QED) is 0.0198. The lowest BCUT2D eigenvalue weighted by molar-refractivity contribution is -0.161. The summed E-state index contributed by atoms with van der Waals surface area (Å²) < 4.78 is 32.6. The maximum atomic E-state index is 12.6. The van der Waals surface area contributed by atoms with Crippen molar-refractivity contribution in [3.05, 3.63) is 97.2 Å². The van der Waals surface area contributed by atoms with E-state index in [4.69, 9.17) is 29.9 Å². The van der Waals surface area contributed by atoms with E-state index < -0.39 is 57.7 Å². The van der Waals surface area contributed by atoms with Crippen LogP contribution in [0.15, 0.2) is 97.2 Å². The number of carboxylic acids is 1. The maximum Gasteiger partial charge on any atom is 0.472 e. The predicted molar refractivity (Wildman–Crippen MR) is 236 cm³/mol. The molecule has 0 aromatic heterocycles. The highest BCUT2D eigenvalue weighted by Crippen LogP contribution is 2.43. The third-order valence-corrected chi connectivity index (χ3v) is 9.32. The van der Waals surface area contributed by atoms with E-state index in [9.17, 15) is 23.8 Å². The standard InChI is InChI=1S/C46H74NO11P/c1-2-3-4-5-6-7-8-9-10-12-15-18-21-24-27-30-33-36-44(49)55-39-42(40-56-59(53,54)57-41-43(47)46(51)52)58-45(50)37-34-31-28-25-22-19-16-13-11-14-17-20-23-26-29-32-35-38-48/h3-4,6-7,9-11,14-16,18-20,23,25,28,42-43,48H,2,5,8,12-13,17,21-22,24,26-27,29-41,47H2,1H3,(H,51,52)(H,53,54)/b4-3-,7-6-,10-9-,14-11-,18-15-,19-16-,23-20-,28-25-/t42-,43+/m1/s1. The van der Waals surface area contributed by atoms with Gasteiger partial charge in [0.15, 0.2) is 6.10 Å². The average Bonchev–Trinajstić information content (AvgIpc) is 3.21. The molecule has 0 saturated carbocycles. The van der Waals surface area contributed by atoms with E-state index in [1.807, 2.05) is 12.2 Å². The fourth-order valence-electron chi connectivity index (χ4n) is 5.03. The Balaban J connectivity index is 4.53. The fourth-order valence-corrected chi connectivity index (χ4v) is 5.80. The molecule has 0 spiro atoms. The minimum atomic E-state index is -4.75. The molecule has 0 aliphatic rings. The molecular formula is C46H74NO11P. The molecule has 0 aromatic carbocycles. The number of carboxylic acid groups (broad SMARTS) is 1. The molecule has 59 heavy (non-hydrogen) atoms. The number of aliphatic hydroxyl groups is 1. The molecule has 334 valence electrons. The monoisotopic (exact) mass is 847 g/mol. The molecule has 0 aliphatic carbocycles. The van der Waals surface area contributed by atoms with E-state index in [-0.39, 0.29) is 19.4 Å². The van der Waals surface area contributed by atoms with Crippen LogP contribution >= 0.6 is 7.82 Å². The maximum absolute atomic E-state index is 12.6.